The van der Waals surface area contributed by atoms with Gasteiger partial charge in [0.25, 0.3) is 0 Å². The Morgan fingerprint density at radius 3 is 2.33 bits per heavy atom. The van der Waals surface area contributed by atoms with Gasteiger partial charge in [-0.3, -0.25) is 0 Å². The molecule has 1 aromatic heterocycles. The van der Waals surface area contributed by atoms with E-state index in [2.05, 4.69) is 24.2 Å². The Morgan fingerprint density at radius 2 is 1.74 bits per heavy atom. The number of hydrogen-bond acceptors (Lipinski definition) is 6. The Hall–Kier alpha value is -2.44. The van der Waals surface area contributed by atoms with Gasteiger partial charge < -0.3 is 20.4 Å². The third-order valence-electron chi connectivity index (χ3n) is 7.22. The molecule has 0 saturated carbocycles. The van der Waals surface area contributed by atoms with Crippen LogP contribution >= 0.6 is 10.9 Å². The first kappa shape index (κ1) is 29.5. The number of rotatable bonds is 8. The SMILES string of the molecule is CC(C)Cc1ccccc1C([SH]1C[C@H](O)[C@H](n2cc(-c3cc(F)c(F)c(F)c3)nn2)[C@@H](O)[C@H]1CO)C(C)(C)O. The van der Waals surface area contributed by atoms with Crippen molar-refractivity contribution in [3.63, 3.8) is 0 Å². The fourth-order valence-corrected chi connectivity index (χ4v) is 9.31. The summed E-state index contributed by atoms with van der Waals surface area (Å²) in [5.41, 5.74) is 0.768. The highest BCUT2D eigenvalue weighted by atomic mass is 32.2. The molecule has 4 N–H and O–H groups in total. The number of hydrogen-bond donors (Lipinski definition) is 5. The largest absolute Gasteiger partial charge is 0.395 e. The van der Waals surface area contributed by atoms with E-state index in [4.69, 9.17) is 0 Å². The number of nitrogens with zero attached hydrogens (tertiary/aromatic N) is 3. The maximum atomic E-state index is 13.8. The van der Waals surface area contributed by atoms with Gasteiger partial charge in [-0.25, -0.2) is 28.7 Å². The van der Waals surface area contributed by atoms with Crippen LogP contribution in [0.4, 0.5) is 13.2 Å². The third-order valence-corrected chi connectivity index (χ3v) is 10.9. The van der Waals surface area contributed by atoms with Crippen molar-refractivity contribution in [2.24, 2.45) is 5.92 Å². The van der Waals surface area contributed by atoms with E-state index >= 15 is 0 Å². The fraction of sp³-hybridized carbons (Fsp3) is 0.500. The molecule has 39 heavy (non-hydrogen) atoms. The second-order valence-electron chi connectivity index (χ2n) is 11.2. The second kappa shape index (κ2) is 11.6. The van der Waals surface area contributed by atoms with Crippen LogP contribution in [0.15, 0.2) is 42.6 Å². The Bertz CT molecular complexity index is 1280. The minimum absolute atomic E-state index is 0.0255. The third kappa shape index (κ3) is 6.02. The van der Waals surface area contributed by atoms with E-state index in [1.54, 1.807) is 13.8 Å². The van der Waals surface area contributed by atoms with Gasteiger partial charge in [-0.2, -0.15) is 0 Å². The molecule has 2 heterocycles. The molecule has 214 valence electrons. The van der Waals surface area contributed by atoms with Crippen LogP contribution in [0.1, 0.15) is 50.1 Å². The van der Waals surface area contributed by atoms with Gasteiger partial charge in [0.2, 0.25) is 0 Å². The molecule has 7 nitrogen and oxygen atoms in total. The van der Waals surface area contributed by atoms with Gasteiger partial charge in [0.1, 0.15) is 11.7 Å². The highest BCUT2D eigenvalue weighted by molar-refractivity contribution is 8.18. The first-order valence-corrected chi connectivity index (χ1v) is 14.6. The molecule has 1 aliphatic heterocycles. The summed E-state index contributed by atoms with van der Waals surface area (Å²) in [5.74, 6) is -3.79. The number of thiol groups is 1. The zero-order valence-corrected chi connectivity index (χ0v) is 23.2. The molecule has 6 atom stereocenters. The highest BCUT2D eigenvalue weighted by Crippen LogP contribution is 2.58. The lowest BCUT2D eigenvalue weighted by Gasteiger charge is -2.51. The van der Waals surface area contributed by atoms with E-state index in [-0.39, 0.29) is 23.6 Å². The van der Waals surface area contributed by atoms with Crippen LogP contribution in [0.5, 0.6) is 0 Å². The van der Waals surface area contributed by atoms with Crippen LogP contribution in [-0.2, 0) is 6.42 Å². The van der Waals surface area contributed by atoms with Gasteiger partial charge in [0.05, 0.1) is 30.6 Å². The predicted octanol–water partition coefficient (Wildman–Crippen LogP) is 3.71. The quantitative estimate of drug-likeness (QED) is 0.210. The molecule has 4 rings (SSSR count). The summed E-state index contributed by atoms with van der Waals surface area (Å²) < 4.78 is 42.1. The molecule has 0 radical (unpaired) electrons. The average Bonchev–Trinajstić information content (AvgIpc) is 3.32. The average molecular weight is 568 g/mol. The number of benzene rings is 2. The molecule has 11 heteroatoms. The zero-order chi connectivity index (χ0) is 28.6. The second-order valence-corrected chi connectivity index (χ2v) is 13.8. The molecular formula is C28H36F3N3O4S. The Kier molecular flexibility index (Phi) is 8.77. The highest BCUT2D eigenvalue weighted by Gasteiger charge is 2.49. The van der Waals surface area contributed by atoms with Crippen molar-refractivity contribution in [3.8, 4) is 11.3 Å². The van der Waals surface area contributed by atoms with Crippen LogP contribution in [-0.4, -0.2) is 70.8 Å². The number of aliphatic hydroxyl groups excluding tert-OH is 3. The maximum Gasteiger partial charge on any atom is 0.194 e. The minimum atomic E-state index is -1.60. The number of aromatic nitrogens is 3. The van der Waals surface area contributed by atoms with Crippen LogP contribution in [0.2, 0.25) is 0 Å². The van der Waals surface area contributed by atoms with Crippen LogP contribution in [0, 0.1) is 23.4 Å². The topological polar surface area (TPSA) is 112 Å². The molecule has 1 aliphatic rings. The van der Waals surface area contributed by atoms with Crippen LogP contribution < -0.4 is 0 Å². The van der Waals surface area contributed by atoms with E-state index in [9.17, 15) is 33.6 Å². The lowest BCUT2D eigenvalue weighted by molar-refractivity contribution is 0.00570. The van der Waals surface area contributed by atoms with Crippen molar-refractivity contribution in [3.05, 3.63) is 71.2 Å². The van der Waals surface area contributed by atoms with Gasteiger partial charge in [-0.05, 0) is 49.4 Å². The lowest BCUT2D eigenvalue weighted by atomic mass is 9.90. The van der Waals surface area contributed by atoms with Crippen molar-refractivity contribution >= 4 is 10.9 Å². The molecule has 0 bridgehead atoms. The van der Waals surface area contributed by atoms with Crippen LogP contribution in [0.25, 0.3) is 11.3 Å². The minimum Gasteiger partial charge on any atom is -0.395 e. The summed E-state index contributed by atoms with van der Waals surface area (Å²) in [6.45, 7) is 7.24. The number of aliphatic hydroxyl groups is 4. The monoisotopic (exact) mass is 567 g/mol. The first-order valence-electron chi connectivity index (χ1n) is 12.9. The Balaban J connectivity index is 1.69. The van der Waals surface area contributed by atoms with E-state index in [1.807, 2.05) is 24.3 Å². The normalized spacial score (nSPS) is 25.7. The van der Waals surface area contributed by atoms with Crippen LogP contribution in [0.3, 0.4) is 0 Å². The molecule has 2 aromatic carbocycles. The Labute approximate surface area is 228 Å². The van der Waals surface area contributed by atoms with Gasteiger partial charge in [0, 0.05) is 21.8 Å². The summed E-state index contributed by atoms with van der Waals surface area (Å²) in [5, 5.41) is 51.3. The van der Waals surface area contributed by atoms with Crippen molar-refractivity contribution in [2.75, 3.05) is 12.4 Å². The van der Waals surface area contributed by atoms with E-state index < -0.39 is 62.7 Å². The summed E-state index contributed by atoms with van der Waals surface area (Å²) in [6, 6.07) is 8.41. The Morgan fingerprint density at radius 1 is 1.10 bits per heavy atom. The van der Waals surface area contributed by atoms with E-state index in [0.717, 1.165) is 29.7 Å². The first-order chi connectivity index (χ1) is 18.3. The fourth-order valence-electron chi connectivity index (χ4n) is 5.60. The summed E-state index contributed by atoms with van der Waals surface area (Å²) in [6.07, 6.45) is -0.276. The molecule has 0 aliphatic carbocycles. The van der Waals surface area contributed by atoms with Gasteiger partial charge in [-0.1, -0.05) is 43.3 Å². The molecule has 0 amide bonds. The molecule has 3 aromatic rings. The number of halogens is 3. The van der Waals surface area contributed by atoms with Gasteiger partial charge in [-0.15, -0.1) is 5.10 Å². The van der Waals surface area contributed by atoms with Gasteiger partial charge in [0.15, 0.2) is 17.5 Å². The van der Waals surface area contributed by atoms with Crippen molar-refractivity contribution in [1.82, 2.24) is 15.0 Å². The molecule has 1 fully saturated rings. The molecular weight excluding hydrogens is 531 g/mol. The van der Waals surface area contributed by atoms with Crippen molar-refractivity contribution in [2.45, 2.75) is 68.5 Å². The van der Waals surface area contributed by atoms with Crippen molar-refractivity contribution < 1.29 is 33.6 Å². The molecule has 2 unspecified atom stereocenters. The maximum absolute atomic E-state index is 13.8. The summed E-state index contributed by atoms with van der Waals surface area (Å²) in [4.78, 5) is 0. The van der Waals surface area contributed by atoms with E-state index in [0.29, 0.717) is 5.92 Å². The predicted molar refractivity (Wildman–Crippen MR) is 145 cm³/mol. The molecule has 1 saturated heterocycles. The van der Waals surface area contributed by atoms with E-state index in [1.165, 1.54) is 10.9 Å². The zero-order valence-electron chi connectivity index (χ0n) is 22.3. The summed E-state index contributed by atoms with van der Waals surface area (Å²) >= 11 is 0. The smallest absolute Gasteiger partial charge is 0.194 e. The van der Waals surface area contributed by atoms with Crippen molar-refractivity contribution in [1.29, 1.82) is 0 Å². The summed E-state index contributed by atoms with van der Waals surface area (Å²) in [7, 11) is -1.35. The molecule has 0 spiro atoms. The standard InChI is InChI=1S/C28H36F3N3O4S/c1-15(2)9-16-7-5-6-8-18(16)27(28(3,4)38)39-14-22(36)25(26(37)23(39)13-35)34-12-21(32-33-34)17-10-19(29)24(31)20(30)11-17/h5-8,10-12,15,22-23,25-27,35-39H,9,13-14H2,1-4H3/t22-,23+,25-,26-,27?/m0/s1. The lowest BCUT2D eigenvalue weighted by Crippen LogP contribution is -2.52. The van der Waals surface area contributed by atoms with Gasteiger partial charge >= 0.3 is 0 Å².